The maximum Gasteiger partial charge on any atom is 0.352 e. The molecule has 1 aliphatic rings. The summed E-state index contributed by atoms with van der Waals surface area (Å²) in [5.41, 5.74) is 4.23. The molecular formula is C15H16N2O3. The molecule has 1 aliphatic heterocycles. The summed E-state index contributed by atoms with van der Waals surface area (Å²) in [7, 11) is 0. The van der Waals surface area contributed by atoms with Crippen LogP contribution >= 0.6 is 0 Å². The van der Waals surface area contributed by atoms with E-state index in [0.29, 0.717) is 6.42 Å². The summed E-state index contributed by atoms with van der Waals surface area (Å²) in [6, 6.07) is 9.37. The van der Waals surface area contributed by atoms with Crippen molar-refractivity contribution in [2.24, 2.45) is 0 Å². The first-order chi connectivity index (χ1) is 9.47. The van der Waals surface area contributed by atoms with E-state index >= 15 is 0 Å². The van der Waals surface area contributed by atoms with Crippen molar-refractivity contribution in [3.63, 3.8) is 0 Å². The first-order valence-electron chi connectivity index (χ1n) is 6.24. The topological polar surface area (TPSA) is 82.2 Å². The molecule has 2 heterocycles. The fourth-order valence-electron chi connectivity index (χ4n) is 1.94. The van der Waals surface area contributed by atoms with Crippen LogP contribution < -0.4 is 5.32 Å². The molecule has 0 spiro atoms. The number of carbonyl (C=O) groups is 2. The van der Waals surface area contributed by atoms with Crippen LogP contribution in [0.4, 0.5) is 5.69 Å². The number of carboxylic acids is 1. The van der Waals surface area contributed by atoms with Crippen LogP contribution in [-0.4, -0.2) is 22.0 Å². The highest BCUT2D eigenvalue weighted by Gasteiger charge is 2.15. The molecule has 3 rings (SSSR count). The van der Waals surface area contributed by atoms with Gasteiger partial charge in [0.2, 0.25) is 5.91 Å². The van der Waals surface area contributed by atoms with E-state index in [1.807, 2.05) is 38.1 Å². The van der Waals surface area contributed by atoms with Gasteiger partial charge in [-0.25, -0.2) is 4.79 Å². The molecule has 0 saturated carbocycles. The fraction of sp³-hybridized carbons (Fsp3) is 0.200. The highest BCUT2D eigenvalue weighted by atomic mass is 16.4. The molecule has 0 aliphatic carbocycles. The average molecular weight is 272 g/mol. The monoisotopic (exact) mass is 272 g/mol. The number of nitrogens with one attached hydrogen (secondary N) is 2. The Kier molecular flexibility index (Phi) is 3.89. The molecule has 1 amide bonds. The van der Waals surface area contributed by atoms with E-state index in [9.17, 15) is 9.59 Å². The second-order valence-electron chi connectivity index (χ2n) is 4.68. The minimum Gasteiger partial charge on any atom is -0.477 e. The van der Waals surface area contributed by atoms with E-state index < -0.39 is 5.97 Å². The van der Waals surface area contributed by atoms with Crippen molar-refractivity contribution in [2.75, 3.05) is 5.32 Å². The highest BCUT2D eigenvalue weighted by Crippen LogP contribution is 2.20. The summed E-state index contributed by atoms with van der Waals surface area (Å²) in [5, 5.41) is 11.2. The van der Waals surface area contributed by atoms with Crippen LogP contribution in [-0.2, 0) is 11.2 Å². The number of hydrogen-bond acceptors (Lipinski definition) is 2. The smallest absolute Gasteiger partial charge is 0.352 e. The summed E-state index contributed by atoms with van der Waals surface area (Å²) in [6.45, 7) is 3.72. The molecule has 0 atom stereocenters. The van der Waals surface area contributed by atoms with Crippen molar-refractivity contribution in [1.82, 2.24) is 4.98 Å². The number of H-pyrrole nitrogens is 1. The summed E-state index contributed by atoms with van der Waals surface area (Å²) in [5.74, 6) is -0.808. The Morgan fingerprint density at radius 2 is 1.95 bits per heavy atom. The standard InChI is InChI=1S/C8H7NO.C7H9NO2/c10-8-5-6-3-1-2-4-7(6)9-8;1-4-3-6(7(9)10)8-5(4)2/h1-4H,5H2,(H,9,10);3,8H,1-2H3,(H,9,10). The van der Waals surface area contributed by atoms with Crippen LogP contribution in [0.5, 0.6) is 0 Å². The van der Waals surface area contributed by atoms with Crippen molar-refractivity contribution < 1.29 is 14.7 Å². The first kappa shape index (κ1) is 13.9. The number of anilines is 1. The maximum atomic E-state index is 10.8. The van der Waals surface area contributed by atoms with Crippen LogP contribution in [0.2, 0.25) is 0 Å². The molecule has 0 fully saturated rings. The molecule has 3 N–H and O–H groups in total. The summed E-state index contributed by atoms with van der Waals surface area (Å²) >= 11 is 0. The molecule has 0 radical (unpaired) electrons. The lowest BCUT2D eigenvalue weighted by molar-refractivity contribution is -0.115. The zero-order valence-corrected chi connectivity index (χ0v) is 11.4. The van der Waals surface area contributed by atoms with Crippen LogP contribution in [0.25, 0.3) is 0 Å². The van der Waals surface area contributed by atoms with Crippen molar-refractivity contribution >= 4 is 17.6 Å². The van der Waals surface area contributed by atoms with Gasteiger partial charge in [-0.3, -0.25) is 4.79 Å². The Labute approximate surface area is 116 Å². The quantitative estimate of drug-likeness (QED) is 0.746. The van der Waals surface area contributed by atoms with Gasteiger partial charge in [0, 0.05) is 11.4 Å². The second-order valence-corrected chi connectivity index (χ2v) is 4.68. The van der Waals surface area contributed by atoms with Crippen molar-refractivity contribution in [2.45, 2.75) is 20.3 Å². The van der Waals surface area contributed by atoms with Gasteiger partial charge in [-0.15, -0.1) is 0 Å². The van der Waals surface area contributed by atoms with E-state index in [4.69, 9.17) is 5.11 Å². The van der Waals surface area contributed by atoms with E-state index in [1.54, 1.807) is 6.07 Å². The molecule has 1 aromatic heterocycles. The third kappa shape index (κ3) is 3.06. The van der Waals surface area contributed by atoms with Crippen LogP contribution in [0.3, 0.4) is 0 Å². The maximum absolute atomic E-state index is 10.8. The Morgan fingerprint density at radius 3 is 2.45 bits per heavy atom. The third-order valence-electron chi connectivity index (χ3n) is 3.15. The molecule has 2 aromatic rings. The van der Waals surface area contributed by atoms with Gasteiger partial charge in [-0.2, -0.15) is 0 Å². The number of aromatic nitrogens is 1. The molecular weight excluding hydrogens is 256 g/mol. The molecule has 5 nitrogen and oxygen atoms in total. The number of hydrogen-bond donors (Lipinski definition) is 3. The van der Waals surface area contributed by atoms with E-state index in [1.165, 1.54) is 0 Å². The van der Waals surface area contributed by atoms with Crippen molar-refractivity contribution in [3.05, 3.63) is 52.8 Å². The molecule has 20 heavy (non-hydrogen) atoms. The van der Waals surface area contributed by atoms with Crippen LogP contribution in [0.1, 0.15) is 27.3 Å². The number of aromatic amines is 1. The van der Waals surface area contributed by atoms with Gasteiger partial charge in [-0.1, -0.05) is 18.2 Å². The van der Waals surface area contributed by atoms with Crippen molar-refractivity contribution in [1.29, 1.82) is 0 Å². The lowest BCUT2D eigenvalue weighted by atomic mass is 10.2. The van der Waals surface area contributed by atoms with Crippen molar-refractivity contribution in [3.8, 4) is 0 Å². The largest absolute Gasteiger partial charge is 0.477 e. The SMILES string of the molecule is Cc1cc(C(=O)O)[nH]c1C.O=C1Cc2ccccc2N1. The number of benzene rings is 1. The fourth-order valence-corrected chi connectivity index (χ4v) is 1.94. The molecule has 5 heteroatoms. The van der Waals surface area contributed by atoms with Gasteiger partial charge >= 0.3 is 5.97 Å². The van der Waals surface area contributed by atoms with Gasteiger partial charge in [0.05, 0.1) is 6.42 Å². The minimum absolute atomic E-state index is 0.0983. The number of fused-ring (bicyclic) bond motifs is 1. The number of rotatable bonds is 1. The number of para-hydroxylation sites is 1. The Bertz CT molecular complexity index is 612. The predicted octanol–water partition coefficient (Wildman–Crippen LogP) is 2.51. The Morgan fingerprint density at radius 1 is 1.25 bits per heavy atom. The Hall–Kier alpha value is -2.56. The third-order valence-corrected chi connectivity index (χ3v) is 3.15. The van der Waals surface area contributed by atoms with Gasteiger partial charge in [-0.05, 0) is 37.1 Å². The number of carbonyl (C=O) groups excluding carboxylic acids is 1. The zero-order valence-electron chi connectivity index (χ0n) is 11.4. The van der Waals surface area contributed by atoms with Gasteiger partial charge in [0.15, 0.2) is 0 Å². The van der Waals surface area contributed by atoms with Gasteiger partial charge < -0.3 is 15.4 Å². The molecule has 0 unspecified atom stereocenters. The van der Waals surface area contributed by atoms with Gasteiger partial charge in [0.25, 0.3) is 0 Å². The lowest BCUT2D eigenvalue weighted by Crippen LogP contribution is -2.03. The summed E-state index contributed by atoms with van der Waals surface area (Å²) < 4.78 is 0. The zero-order chi connectivity index (χ0) is 14.7. The normalized spacial score (nSPS) is 12.2. The van der Waals surface area contributed by atoms with E-state index in [2.05, 4.69) is 10.3 Å². The predicted molar refractivity (Wildman–Crippen MR) is 76.0 cm³/mol. The van der Waals surface area contributed by atoms with Gasteiger partial charge in [0.1, 0.15) is 5.69 Å². The second kappa shape index (κ2) is 5.61. The average Bonchev–Trinajstić information content (AvgIpc) is 2.93. The van der Waals surface area contributed by atoms with E-state index in [-0.39, 0.29) is 11.6 Å². The van der Waals surface area contributed by atoms with Crippen LogP contribution in [0.15, 0.2) is 30.3 Å². The molecule has 1 aromatic carbocycles. The number of amides is 1. The van der Waals surface area contributed by atoms with E-state index in [0.717, 1.165) is 22.5 Å². The summed E-state index contributed by atoms with van der Waals surface area (Å²) in [6.07, 6.45) is 0.538. The Balaban J connectivity index is 0.000000147. The first-order valence-corrected chi connectivity index (χ1v) is 6.24. The highest BCUT2D eigenvalue weighted by molar-refractivity contribution is 5.98. The molecule has 0 bridgehead atoms. The molecule has 104 valence electrons. The lowest BCUT2D eigenvalue weighted by Gasteiger charge is -1.93. The summed E-state index contributed by atoms with van der Waals surface area (Å²) in [4.78, 5) is 23.9. The number of aryl methyl sites for hydroxylation is 2. The van der Waals surface area contributed by atoms with Crippen LogP contribution in [0, 0.1) is 13.8 Å². The minimum atomic E-state index is -0.906. The number of aromatic carboxylic acids is 1. The number of carboxylic acid groups (broad SMARTS) is 1. The molecule has 0 saturated heterocycles.